The van der Waals surface area contributed by atoms with Crippen LogP contribution in [0.15, 0.2) is 48.5 Å². The second-order valence-corrected chi connectivity index (χ2v) is 6.47. The molecule has 140 valence electrons. The maximum absolute atomic E-state index is 12.6. The summed E-state index contributed by atoms with van der Waals surface area (Å²) in [5, 5.41) is 2.92. The minimum Gasteiger partial charge on any atom is -0.385 e. The van der Waals surface area contributed by atoms with Gasteiger partial charge < -0.3 is 10.1 Å². The van der Waals surface area contributed by atoms with Crippen molar-refractivity contribution >= 4 is 17.7 Å². The van der Waals surface area contributed by atoms with E-state index in [1.54, 1.807) is 19.2 Å². The van der Waals surface area contributed by atoms with E-state index in [1.165, 1.54) is 11.0 Å². The number of carbonyl (C=O) groups is 3. The molecule has 1 heterocycles. The van der Waals surface area contributed by atoms with Crippen LogP contribution in [-0.2, 0) is 4.74 Å². The van der Waals surface area contributed by atoms with Gasteiger partial charge in [-0.05, 0) is 37.1 Å². The first-order valence-electron chi connectivity index (χ1n) is 8.88. The summed E-state index contributed by atoms with van der Waals surface area (Å²) in [7, 11) is 1.57. The van der Waals surface area contributed by atoms with Crippen LogP contribution in [0, 0.1) is 0 Å². The number of carbonyl (C=O) groups excluding carboxylic acids is 3. The molecule has 2 aromatic rings. The Hall–Kier alpha value is -2.99. The molecule has 27 heavy (non-hydrogen) atoms. The van der Waals surface area contributed by atoms with Crippen molar-refractivity contribution in [1.29, 1.82) is 0 Å². The minimum atomic E-state index is -0.364. The summed E-state index contributed by atoms with van der Waals surface area (Å²) in [6.45, 7) is 2.66. The van der Waals surface area contributed by atoms with Crippen molar-refractivity contribution in [3.05, 3.63) is 70.8 Å². The fraction of sp³-hybridized carbons (Fsp3) is 0.286. The molecule has 6 nitrogen and oxygen atoms in total. The van der Waals surface area contributed by atoms with Crippen LogP contribution in [0.4, 0.5) is 0 Å². The van der Waals surface area contributed by atoms with Gasteiger partial charge in [0.2, 0.25) is 0 Å². The summed E-state index contributed by atoms with van der Waals surface area (Å²) in [6.07, 6.45) is 0.573. The zero-order valence-electron chi connectivity index (χ0n) is 15.4. The summed E-state index contributed by atoms with van der Waals surface area (Å²) in [4.78, 5) is 38.7. The van der Waals surface area contributed by atoms with E-state index in [1.807, 2.05) is 37.3 Å². The van der Waals surface area contributed by atoms with Crippen molar-refractivity contribution < 1.29 is 19.1 Å². The van der Waals surface area contributed by atoms with Crippen LogP contribution < -0.4 is 5.32 Å². The molecular formula is C21H22N2O4. The molecule has 0 aromatic heterocycles. The van der Waals surface area contributed by atoms with E-state index >= 15 is 0 Å². The largest absolute Gasteiger partial charge is 0.385 e. The van der Waals surface area contributed by atoms with E-state index in [2.05, 4.69) is 5.32 Å². The summed E-state index contributed by atoms with van der Waals surface area (Å²) in [5.74, 6) is -0.972. The first-order chi connectivity index (χ1) is 13.0. The molecule has 0 saturated heterocycles. The fourth-order valence-corrected chi connectivity index (χ4v) is 3.11. The number of rotatable bonds is 7. The highest BCUT2D eigenvalue weighted by molar-refractivity contribution is 6.22. The highest BCUT2D eigenvalue weighted by Gasteiger charge is 2.35. The number of ether oxygens (including phenoxy) is 1. The third kappa shape index (κ3) is 3.90. The van der Waals surface area contributed by atoms with Gasteiger partial charge in [-0.3, -0.25) is 19.3 Å². The molecule has 0 bridgehead atoms. The molecule has 1 aliphatic heterocycles. The standard InChI is InChI=1S/C21H22N2O4/c1-14(15-7-4-3-5-8-15)22-19(24)16-9-10-17-18(13-16)21(26)23(20(17)25)11-6-12-27-2/h3-5,7-10,13-14H,6,11-12H2,1-2H3,(H,22,24). The maximum atomic E-state index is 12.6. The number of benzene rings is 2. The highest BCUT2D eigenvalue weighted by Crippen LogP contribution is 2.24. The van der Waals surface area contributed by atoms with Gasteiger partial charge in [-0.15, -0.1) is 0 Å². The molecule has 6 heteroatoms. The number of hydrogen-bond acceptors (Lipinski definition) is 4. The molecule has 1 unspecified atom stereocenters. The number of methoxy groups -OCH3 is 1. The monoisotopic (exact) mass is 366 g/mol. The topological polar surface area (TPSA) is 75.7 Å². The van der Waals surface area contributed by atoms with E-state index in [9.17, 15) is 14.4 Å². The first kappa shape index (κ1) is 18.8. The van der Waals surface area contributed by atoms with E-state index in [4.69, 9.17) is 4.74 Å². The van der Waals surface area contributed by atoms with Crippen LogP contribution in [0.25, 0.3) is 0 Å². The first-order valence-corrected chi connectivity index (χ1v) is 8.88. The molecule has 1 N–H and O–H groups in total. The van der Waals surface area contributed by atoms with E-state index in [0.717, 1.165) is 5.56 Å². The Morgan fingerprint density at radius 3 is 2.48 bits per heavy atom. The Balaban J connectivity index is 1.74. The average Bonchev–Trinajstić information content (AvgIpc) is 2.93. The van der Waals surface area contributed by atoms with E-state index in [-0.39, 0.29) is 29.3 Å². The fourth-order valence-electron chi connectivity index (χ4n) is 3.11. The van der Waals surface area contributed by atoms with Crippen molar-refractivity contribution in [3.63, 3.8) is 0 Å². The number of nitrogens with one attached hydrogen (secondary N) is 1. The van der Waals surface area contributed by atoms with Crippen LogP contribution in [0.5, 0.6) is 0 Å². The normalized spacial score (nSPS) is 14.2. The maximum Gasteiger partial charge on any atom is 0.261 e. The van der Waals surface area contributed by atoms with Gasteiger partial charge in [0, 0.05) is 25.8 Å². The lowest BCUT2D eigenvalue weighted by Crippen LogP contribution is -2.31. The molecule has 0 radical (unpaired) electrons. The van der Waals surface area contributed by atoms with Gasteiger partial charge in [-0.1, -0.05) is 30.3 Å². The average molecular weight is 366 g/mol. The lowest BCUT2D eigenvalue weighted by molar-refractivity contribution is 0.0638. The van der Waals surface area contributed by atoms with Crippen LogP contribution >= 0.6 is 0 Å². The van der Waals surface area contributed by atoms with Crippen LogP contribution in [0.3, 0.4) is 0 Å². The van der Waals surface area contributed by atoms with Gasteiger partial charge in [0.1, 0.15) is 0 Å². The highest BCUT2D eigenvalue weighted by atomic mass is 16.5. The third-order valence-corrected chi connectivity index (χ3v) is 4.61. The number of hydrogen-bond donors (Lipinski definition) is 1. The lowest BCUT2D eigenvalue weighted by Gasteiger charge is -2.14. The Kier molecular flexibility index (Phi) is 5.66. The van der Waals surface area contributed by atoms with Crippen molar-refractivity contribution in [1.82, 2.24) is 10.2 Å². The zero-order valence-corrected chi connectivity index (χ0v) is 15.4. The molecule has 0 fully saturated rings. The van der Waals surface area contributed by atoms with Crippen molar-refractivity contribution in [2.45, 2.75) is 19.4 Å². The quantitative estimate of drug-likeness (QED) is 0.604. The van der Waals surface area contributed by atoms with Crippen LogP contribution in [0.1, 0.15) is 56.0 Å². The van der Waals surface area contributed by atoms with Gasteiger partial charge in [0.05, 0.1) is 17.2 Å². The van der Waals surface area contributed by atoms with Crippen molar-refractivity contribution in [2.24, 2.45) is 0 Å². The Morgan fingerprint density at radius 2 is 1.78 bits per heavy atom. The summed E-state index contributed by atoms with van der Waals surface area (Å²) >= 11 is 0. The lowest BCUT2D eigenvalue weighted by atomic mass is 10.0. The van der Waals surface area contributed by atoms with Gasteiger partial charge in [0.25, 0.3) is 17.7 Å². The zero-order chi connectivity index (χ0) is 19.4. The molecule has 1 atom stereocenters. The van der Waals surface area contributed by atoms with Crippen molar-refractivity contribution in [2.75, 3.05) is 20.3 Å². The smallest absolute Gasteiger partial charge is 0.261 e. The van der Waals surface area contributed by atoms with Gasteiger partial charge in [0.15, 0.2) is 0 Å². The number of nitrogens with zero attached hydrogens (tertiary/aromatic N) is 1. The molecule has 1 aliphatic rings. The predicted octanol–water partition coefficient (Wildman–Crippen LogP) is 2.81. The summed E-state index contributed by atoms with van der Waals surface area (Å²) in [6, 6.07) is 14.1. The Bertz CT molecular complexity index is 864. The Labute approximate surface area is 158 Å². The SMILES string of the molecule is COCCCN1C(=O)c2ccc(C(=O)NC(C)c3ccccc3)cc2C1=O. The van der Waals surface area contributed by atoms with E-state index in [0.29, 0.717) is 30.7 Å². The minimum absolute atomic E-state index is 0.171. The summed E-state index contributed by atoms with van der Waals surface area (Å²) < 4.78 is 4.97. The van der Waals surface area contributed by atoms with Gasteiger partial charge >= 0.3 is 0 Å². The number of imide groups is 1. The third-order valence-electron chi connectivity index (χ3n) is 4.61. The number of amides is 3. The predicted molar refractivity (Wildman–Crippen MR) is 101 cm³/mol. The molecule has 3 rings (SSSR count). The molecule has 0 spiro atoms. The second kappa shape index (κ2) is 8.14. The van der Waals surface area contributed by atoms with Crippen molar-refractivity contribution in [3.8, 4) is 0 Å². The van der Waals surface area contributed by atoms with Crippen LogP contribution in [0.2, 0.25) is 0 Å². The molecule has 3 amide bonds. The number of fused-ring (bicyclic) bond motifs is 1. The van der Waals surface area contributed by atoms with E-state index < -0.39 is 0 Å². The van der Waals surface area contributed by atoms with Gasteiger partial charge in [-0.25, -0.2) is 0 Å². The van der Waals surface area contributed by atoms with Crippen LogP contribution in [-0.4, -0.2) is 42.9 Å². The molecule has 2 aromatic carbocycles. The molecule has 0 aliphatic carbocycles. The van der Waals surface area contributed by atoms with Gasteiger partial charge in [-0.2, -0.15) is 0 Å². The molecular weight excluding hydrogens is 344 g/mol. The summed E-state index contributed by atoms with van der Waals surface area (Å²) in [5.41, 5.74) is 1.96. The Morgan fingerprint density at radius 1 is 1.07 bits per heavy atom. The second-order valence-electron chi connectivity index (χ2n) is 6.47. The molecule has 0 saturated carbocycles.